The number of hydrogen-bond acceptors (Lipinski definition) is 5. The third kappa shape index (κ3) is 6.71. The summed E-state index contributed by atoms with van der Waals surface area (Å²) in [6, 6.07) is 17.3. The van der Waals surface area contributed by atoms with Gasteiger partial charge in [0.2, 0.25) is 10.0 Å². The fourth-order valence-electron chi connectivity index (χ4n) is 4.81. The standard InChI is InChI=1S/C28H36N2O4S/c1-3-5-19-35(32,33)30(22-28(27(31)34-4-2)17-9-6-10-18-28)21-23-13-15-24(16-14-23)26-12-8-7-11-25(26)20-29/h7-8,11-16H,3-6,9-10,17-19,21-22H2,1-2H3. The molecule has 1 aliphatic rings. The lowest BCUT2D eigenvalue weighted by Crippen LogP contribution is -2.47. The molecular weight excluding hydrogens is 460 g/mol. The fourth-order valence-corrected chi connectivity index (χ4v) is 6.51. The molecule has 1 saturated carbocycles. The van der Waals surface area contributed by atoms with Gasteiger partial charge in [-0.2, -0.15) is 9.57 Å². The predicted octanol–water partition coefficient (Wildman–Crippen LogP) is 5.67. The van der Waals surface area contributed by atoms with Gasteiger partial charge in [-0.05, 0) is 48.9 Å². The van der Waals surface area contributed by atoms with Crippen LogP contribution in [0.25, 0.3) is 11.1 Å². The molecule has 1 fully saturated rings. The fraction of sp³-hybridized carbons (Fsp3) is 0.500. The number of nitrogens with zero attached hydrogens (tertiary/aromatic N) is 2. The van der Waals surface area contributed by atoms with Gasteiger partial charge in [0.05, 0.1) is 29.4 Å². The summed E-state index contributed by atoms with van der Waals surface area (Å²) in [5.74, 6) is -0.213. The Hall–Kier alpha value is -2.69. The van der Waals surface area contributed by atoms with E-state index in [-0.39, 0.29) is 31.4 Å². The first-order valence-electron chi connectivity index (χ1n) is 12.6. The summed E-state index contributed by atoms with van der Waals surface area (Å²) in [6.45, 7) is 4.40. The molecule has 0 saturated heterocycles. The minimum Gasteiger partial charge on any atom is -0.466 e. The number of rotatable bonds is 11. The minimum atomic E-state index is -3.56. The van der Waals surface area contributed by atoms with Gasteiger partial charge in [0, 0.05) is 13.1 Å². The van der Waals surface area contributed by atoms with Gasteiger partial charge >= 0.3 is 5.97 Å². The third-order valence-electron chi connectivity index (χ3n) is 6.82. The van der Waals surface area contributed by atoms with Crippen LogP contribution in [0.1, 0.15) is 69.9 Å². The molecule has 35 heavy (non-hydrogen) atoms. The lowest BCUT2D eigenvalue weighted by Gasteiger charge is -2.38. The first-order valence-corrected chi connectivity index (χ1v) is 14.2. The molecule has 0 spiro atoms. The van der Waals surface area contributed by atoms with Crippen LogP contribution < -0.4 is 0 Å². The zero-order valence-corrected chi connectivity index (χ0v) is 21.6. The van der Waals surface area contributed by atoms with E-state index in [1.165, 1.54) is 4.31 Å². The van der Waals surface area contributed by atoms with Crippen molar-refractivity contribution < 1.29 is 17.9 Å². The second-order valence-corrected chi connectivity index (χ2v) is 11.4. The van der Waals surface area contributed by atoms with Crippen LogP contribution in [0.5, 0.6) is 0 Å². The molecule has 0 heterocycles. The highest BCUT2D eigenvalue weighted by molar-refractivity contribution is 7.89. The topological polar surface area (TPSA) is 87.5 Å². The summed E-state index contributed by atoms with van der Waals surface area (Å²) in [5.41, 5.74) is 2.40. The quantitative estimate of drug-likeness (QED) is 0.374. The van der Waals surface area contributed by atoms with Crippen LogP contribution in [-0.2, 0) is 26.1 Å². The van der Waals surface area contributed by atoms with Crippen molar-refractivity contribution in [1.29, 1.82) is 5.26 Å². The number of esters is 1. The summed E-state index contributed by atoms with van der Waals surface area (Å²) >= 11 is 0. The molecule has 0 aliphatic heterocycles. The van der Waals surface area contributed by atoms with Crippen molar-refractivity contribution in [2.45, 2.75) is 65.3 Å². The average molecular weight is 497 g/mol. The normalized spacial score (nSPS) is 15.5. The Balaban J connectivity index is 1.90. The lowest BCUT2D eigenvalue weighted by atomic mass is 9.74. The number of carbonyl (C=O) groups is 1. The van der Waals surface area contributed by atoms with E-state index in [1.54, 1.807) is 13.0 Å². The summed E-state index contributed by atoms with van der Waals surface area (Å²) in [4.78, 5) is 13.0. The Kier molecular flexibility index (Phi) is 9.47. The summed E-state index contributed by atoms with van der Waals surface area (Å²) in [7, 11) is -3.56. The van der Waals surface area contributed by atoms with Crippen LogP contribution in [-0.4, -0.2) is 37.6 Å². The number of benzene rings is 2. The van der Waals surface area contributed by atoms with E-state index >= 15 is 0 Å². The second-order valence-electron chi connectivity index (χ2n) is 9.35. The Labute approximate surface area is 210 Å². The van der Waals surface area contributed by atoms with E-state index in [0.29, 0.717) is 24.8 Å². The Morgan fingerprint density at radius 1 is 1.06 bits per heavy atom. The first-order chi connectivity index (χ1) is 16.8. The highest BCUT2D eigenvalue weighted by atomic mass is 32.2. The lowest BCUT2D eigenvalue weighted by molar-refractivity contribution is -0.158. The SMILES string of the molecule is CCCCS(=O)(=O)N(Cc1ccc(-c2ccccc2C#N)cc1)CC1(C(=O)OCC)CCCCC1. The van der Waals surface area contributed by atoms with Gasteiger partial charge in [-0.3, -0.25) is 4.79 Å². The van der Waals surface area contributed by atoms with Gasteiger partial charge in [-0.25, -0.2) is 8.42 Å². The van der Waals surface area contributed by atoms with Crippen LogP contribution in [0, 0.1) is 16.7 Å². The first kappa shape index (κ1) is 26.9. The second kappa shape index (κ2) is 12.3. The van der Waals surface area contributed by atoms with Crippen LogP contribution in [0.4, 0.5) is 0 Å². The zero-order valence-electron chi connectivity index (χ0n) is 20.8. The molecule has 0 N–H and O–H groups in total. The molecule has 0 amide bonds. The van der Waals surface area contributed by atoms with Gasteiger partial charge in [0.25, 0.3) is 0 Å². The van der Waals surface area contributed by atoms with E-state index in [9.17, 15) is 18.5 Å². The molecule has 6 nitrogen and oxygen atoms in total. The number of nitriles is 1. The Morgan fingerprint density at radius 3 is 2.37 bits per heavy atom. The highest BCUT2D eigenvalue weighted by Crippen LogP contribution is 2.39. The van der Waals surface area contributed by atoms with E-state index in [4.69, 9.17) is 4.74 Å². The number of sulfonamides is 1. The maximum Gasteiger partial charge on any atom is 0.313 e. The molecule has 0 aromatic heterocycles. The molecule has 188 valence electrons. The molecule has 0 radical (unpaired) electrons. The van der Waals surface area contributed by atoms with E-state index in [0.717, 1.165) is 42.4 Å². The molecule has 0 atom stereocenters. The molecule has 2 aromatic carbocycles. The number of unbranched alkanes of at least 4 members (excludes halogenated alkanes) is 1. The van der Waals surface area contributed by atoms with E-state index in [2.05, 4.69) is 6.07 Å². The highest BCUT2D eigenvalue weighted by Gasteiger charge is 2.44. The van der Waals surface area contributed by atoms with Crippen molar-refractivity contribution >= 4 is 16.0 Å². The van der Waals surface area contributed by atoms with Gasteiger partial charge in [-0.15, -0.1) is 0 Å². The van der Waals surface area contributed by atoms with Crippen molar-refractivity contribution in [2.24, 2.45) is 5.41 Å². The van der Waals surface area contributed by atoms with Gasteiger partial charge < -0.3 is 4.74 Å². The molecule has 2 aromatic rings. The van der Waals surface area contributed by atoms with Crippen molar-refractivity contribution in [1.82, 2.24) is 4.31 Å². The molecule has 0 unspecified atom stereocenters. The summed E-state index contributed by atoms with van der Waals surface area (Å²) in [6.07, 6.45) is 5.50. The molecular formula is C28H36N2O4S. The molecule has 1 aliphatic carbocycles. The van der Waals surface area contributed by atoms with Crippen molar-refractivity contribution in [3.63, 3.8) is 0 Å². The van der Waals surface area contributed by atoms with Gasteiger partial charge in [0.1, 0.15) is 0 Å². The van der Waals surface area contributed by atoms with Crippen molar-refractivity contribution in [3.05, 3.63) is 59.7 Å². The van der Waals surface area contributed by atoms with E-state index in [1.807, 2.05) is 49.4 Å². The van der Waals surface area contributed by atoms with Crippen LogP contribution in [0.15, 0.2) is 48.5 Å². The molecule has 0 bridgehead atoms. The number of ether oxygens (including phenoxy) is 1. The summed E-state index contributed by atoms with van der Waals surface area (Å²) < 4.78 is 33.7. The molecule has 3 rings (SSSR count). The number of hydrogen-bond donors (Lipinski definition) is 0. The predicted molar refractivity (Wildman–Crippen MR) is 138 cm³/mol. The Bertz CT molecular complexity index is 1130. The largest absolute Gasteiger partial charge is 0.466 e. The maximum absolute atomic E-state index is 13.4. The van der Waals surface area contributed by atoms with E-state index < -0.39 is 15.4 Å². The molecule has 7 heteroatoms. The Morgan fingerprint density at radius 2 is 1.74 bits per heavy atom. The monoisotopic (exact) mass is 496 g/mol. The number of carbonyl (C=O) groups excluding carboxylic acids is 1. The van der Waals surface area contributed by atoms with Crippen LogP contribution in [0.3, 0.4) is 0 Å². The van der Waals surface area contributed by atoms with Crippen molar-refractivity contribution in [2.75, 3.05) is 18.9 Å². The minimum absolute atomic E-state index is 0.0655. The maximum atomic E-state index is 13.4. The average Bonchev–Trinajstić information content (AvgIpc) is 2.88. The smallest absolute Gasteiger partial charge is 0.313 e. The zero-order chi connectivity index (χ0) is 25.3. The van der Waals surface area contributed by atoms with Gasteiger partial charge in [-0.1, -0.05) is 75.1 Å². The van der Waals surface area contributed by atoms with Gasteiger partial charge in [0.15, 0.2) is 0 Å². The van der Waals surface area contributed by atoms with Crippen LogP contribution >= 0.6 is 0 Å². The third-order valence-corrected chi connectivity index (χ3v) is 8.67. The summed E-state index contributed by atoms with van der Waals surface area (Å²) in [5, 5.41) is 9.42. The van der Waals surface area contributed by atoms with Crippen LogP contribution in [0.2, 0.25) is 0 Å². The van der Waals surface area contributed by atoms with Crippen molar-refractivity contribution in [3.8, 4) is 17.2 Å².